The number of hydrogen-bond donors (Lipinski definition) is 3. The lowest BCUT2D eigenvalue weighted by Gasteiger charge is -2.40. The lowest BCUT2D eigenvalue weighted by Crippen LogP contribution is -2.51. The average molecular weight is 439 g/mol. The number of carbonyl (C=O) groups excluding carboxylic acids is 2. The van der Waals surface area contributed by atoms with Gasteiger partial charge in [0.05, 0.1) is 12.7 Å². The van der Waals surface area contributed by atoms with Crippen molar-refractivity contribution in [3.63, 3.8) is 0 Å². The number of nitrogens with zero attached hydrogens (tertiary/aromatic N) is 2. The molecule has 1 aromatic heterocycles. The first-order valence-electron chi connectivity index (χ1n) is 11.1. The van der Waals surface area contributed by atoms with Crippen LogP contribution in [0.15, 0.2) is 36.5 Å². The van der Waals surface area contributed by atoms with Gasteiger partial charge >= 0.3 is 0 Å². The van der Waals surface area contributed by atoms with Crippen molar-refractivity contribution in [3.8, 4) is 5.75 Å². The Labute approximate surface area is 187 Å². The van der Waals surface area contributed by atoms with Gasteiger partial charge in [0, 0.05) is 42.1 Å². The number of aromatic nitrogens is 1. The molecule has 0 saturated carbocycles. The molecule has 32 heavy (non-hydrogen) atoms. The summed E-state index contributed by atoms with van der Waals surface area (Å²) in [6.45, 7) is 0.0649. The molecule has 0 spiro atoms. The van der Waals surface area contributed by atoms with Gasteiger partial charge in [0.1, 0.15) is 11.6 Å². The van der Waals surface area contributed by atoms with Crippen LogP contribution in [0.4, 0.5) is 5.82 Å². The number of nitrogens with one attached hydrogen (secondary N) is 1. The molecule has 2 saturated heterocycles. The van der Waals surface area contributed by atoms with Gasteiger partial charge in [-0.1, -0.05) is 6.07 Å². The van der Waals surface area contributed by atoms with Crippen molar-refractivity contribution in [2.75, 3.05) is 18.6 Å². The van der Waals surface area contributed by atoms with Crippen LogP contribution in [0.2, 0.25) is 0 Å². The highest BCUT2D eigenvalue weighted by Crippen LogP contribution is 2.38. The van der Waals surface area contributed by atoms with E-state index < -0.39 is 5.91 Å². The molecule has 4 rings (SSSR count). The molecule has 3 atom stereocenters. The van der Waals surface area contributed by atoms with Crippen LogP contribution < -0.4 is 20.7 Å². The smallest absolute Gasteiger partial charge is 0.251 e. The normalized spacial score (nSPS) is 21.9. The molecule has 2 aliphatic rings. The zero-order chi connectivity index (χ0) is 22.7. The van der Waals surface area contributed by atoms with Crippen LogP contribution in [0.25, 0.3) is 0 Å². The van der Waals surface area contributed by atoms with E-state index in [-0.39, 0.29) is 18.6 Å². The minimum Gasteiger partial charge on any atom is -0.496 e. The first kappa shape index (κ1) is 22.1. The molecular formula is C24H30N4O4. The molecular weight excluding hydrogens is 408 g/mol. The fourth-order valence-electron chi connectivity index (χ4n) is 5.10. The van der Waals surface area contributed by atoms with Crippen LogP contribution >= 0.6 is 0 Å². The monoisotopic (exact) mass is 438 g/mol. The molecule has 4 N–H and O–H groups in total. The summed E-state index contributed by atoms with van der Waals surface area (Å²) in [4.78, 5) is 31.3. The number of amides is 2. The maximum absolute atomic E-state index is 13.2. The highest BCUT2D eigenvalue weighted by Gasteiger charge is 2.42. The predicted octanol–water partition coefficient (Wildman–Crippen LogP) is 2.04. The summed E-state index contributed by atoms with van der Waals surface area (Å²) >= 11 is 0. The van der Waals surface area contributed by atoms with Crippen LogP contribution in [0.3, 0.4) is 0 Å². The number of pyridine rings is 1. The number of primary amides is 1. The molecule has 0 radical (unpaired) electrons. The highest BCUT2D eigenvalue weighted by atomic mass is 16.5. The van der Waals surface area contributed by atoms with Crippen molar-refractivity contribution in [2.24, 2.45) is 5.73 Å². The first-order valence-corrected chi connectivity index (χ1v) is 11.1. The third-order valence-electron chi connectivity index (χ3n) is 6.55. The molecule has 2 amide bonds. The number of nitrogens with two attached hydrogens (primary N) is 1. The Morgan fingerprint density at radius 1 is 1.22 bits per heavy atom. The van der Waals surface area contributed by atoms with E-state index in [9.17, 15) is 14.7 Å². The number of ether oxygens (including phenoxy) is 1. The Morgan fingerprint density at radius 3 is 2.56 bits per heavy atom. The standard InChI is InChI=1S/C24H30N4O4/c1-32-21-6-2-4-20(19(21)5-3-11-29)24(31)27-16-12-17-8-9-18(13-16)28(17)22-10-7-15(14-26-22)23(25)30/h2,4,6-7,10,14,16-18,29H,3,5,8-9,11-13H2,1H3,(H2,25,30)(H,27,31)/t16-,17+,18-. The maximum Gasteiger partial charge on any atom is 0.251 e. The van der Waals surface area contributed by atoms with E-state index in [1.165, 1.54) is 6.20 Å². The Kier molecular flexibility index (Phi) is 6.60. The van der Waals surface area contributed by atoms with Gasteiger partial charge in [0.25, 0.3) is 5.91 Å². The fraction of sp³-hybridized carbons (Fsp3) is 0.458. The molecule has 0 aliphatic carbocycles. The average Bonchev–Trinajstić information content (AvgIpc) is 3.07. The van der Waals surface area contributed by atoms with Crippen LogP contribution in [0.1, 0.15) is 58.4 Å². The SMILES string of the molecule is COc1cccc(C(=O)N[C@H]2C[C@H]3CC[C@@H](C2)N3c2ccc(C(N)=O)cn2)c1CCCO. The number of hydrogen-bond acceptors (Lipinski definition) is 6. The number of anilines is 1. The third kappa shape index (κ3) is 4.41. The quantitative estimate of drug-likeness (QED) is 0.581. The highest BCUT2D eigenvalue weighted by molar-refractivity contribution is 5.96. The van der Waals surface area contributed by atoms with Gasteiger partial charge in [-0.25, -0.2) is 4.98 Å². The van der Waals surface area contributed by atoms with Crippen molar-refractivity contribution in [1.29, 1.82) is 0 Å². The number of benzene rings is 1. The summed E-state index contributed by atoms with van der Waals surface area (Å²) in [6, 6.07) is 9.73. The van der Waals surface area contributed by atoms with Crippen molar-refractivity contribution in [3.05, 3.63) is 53.2 Å². The van der Waals surface area contributed by atoms with E-state index >= 15 is 0 Å². The first-order chi connectivity index (χ1) is 15.5. The summed E-state index contributed by atoms with van der Waals surface area (Å²) in [5.74, 6) is 0.945. The van der Waals surface area contributed by atoms with Crippen molar-refractivity contribution >= 4 is 17.6 Å². The van der Waals surface area contributed by atoms with Crippen LogP contribution in [-0.4, -0.2) is 53.7 Å². The Balaban J connectivity index is 1.46. The second-order valence-corrected chi connectivity index (χ2v) is 8.52. The number of aliphatic hydroxyl groups excluding tert-OH is 1. The number of aliphatic hydroxyl groups is 1. The minimum atomic E-state index is -0.482. The van der Waals surface area contributed by atoms with E-state index in [4.69, 9.17) is 10.5 Å². The molecule has 2 aromatic rings. The van der Waals surface area contributed by atoms with E-state index in [1.807, 2.05) is 24.3 Å². The summed E-state index contributed by atoms with van der Waals surface area (Å²) in [5, 5.41) is 12.5. The van der Waals surface area contributed by atoms with E-state index in [0.29, 0.717) is 41.8 Å². The molecule has 1 aromatic carbocycles. The number of rotatable bonds is 8. The van der Waals surface area contributed by atoms with Gasteiger partial charge in [0.15, 0.2) is 0 Å². The zero-order valence-corrected chi connectivity index (χ0v) is 18.3. The second kappa shape index (κ2) is 9.56. The molecule has 3 heterocycles. The van der Waals surface area contributed by atoms with E-state index in [0.717, 1.165) is 37.1 Å². The van der Waals surface area contributed by atoms with E-state index in [2.05, 4.69) is 15.2 Å². The predicted molar refractivity (Wildman–Crippen MR) is 121 cm³/mol. The van der Waals surface area contributed by atoms with Gasteiger partial charge in [0.2, 0.25) is 5.91 Å². The molecule has 0 unspecified atom stereocenters. The second-order valence-electron chi connectivity index (χ2n) is 8.52. The zero-order valence-electron chi connectivity index (χ0n) is 18.3. The Morgan fingerprint density at radius 2 is 1.97 bits per heavy atom. The number of piperidine rings is 1. The fourth-order valence-corrected chi connectivity index (χ4v) is 5.10. The summed E-state index contributed by atoms with van der Waals surface area (Å²) in [6.07, 6.45) is 6.48. The Bertz CT molecular complexity index is 964. The van der Waals surface area contributed by atoms with Gasteiger partial charge in [-0.3, -0.25) is 9.59 Å². The van der Waals surface area contributed by atoms with E-state index in [1.54, 1.807) is 13.2 Å². The van der Waals surface area contributed by atoms with Crippen molar-refractivity contribution in [1.82, 2.24) is 10.3 Å². The summed E-state index contributed by atoms with van der Waals surface area (Å²) < 4.78 is 5.45. The maximum atomic E-state index is 13.2. The summed E-state index contributed by atoms with van der Waals surface area (Å²) in [5.41, 5.74) is 7.17. The molecule has 2 fully saturated rings. The lowest BCUT2D eigenvalue weighted by atomic mass is 9.95. The molecule has 8 nitrogen and oxygen atoms in total. The Hall–Kier alpha value is -3.13. The summed E-state index contributed by atoms with van der Waals surface area (Å²) in [7, 11) is 1.59. The van der Waals surface area contributed by atoms with Crippen molar-refractivity contribution < 1.29 is 19.4 Å². The number of fused-ring (bicyclic) bond motifs is 2. The third-order valence-corrected chi connectivity index (χ3v) is 6.55. The van der Waals surface area contributed by atoms with Gasteiger partial charge < -0.3 is 25.8 Å². The molecule has 8 heteroatoms. The molecule has 170 valence electrons. The van der Waals surface area contributed by atoms with Crippen LogP contribution in [0, 0.1) is 0 Å². The largest absolute Gasteiger partial charge is 0.496 e. The number of methoxy groups -OCH3 is 1. The van der Waals surface area contributed by atoms with Crippen molar-refractivity contribution in [2.45, 2.75) is 56.7 Å². The van der Waals surface area contributed by atoms with Gasteiger partial charge in [-0.05, 0) is 62.8 Å². The topological polar surface area (TPSA) is 118 Å². The number of carbonyl (C=O) groups is 2. The van der Waals surface area contributed by atoms with Gasteiger partial charge in [-0.2, -0.15) is 0 Å². The lowest BCUT2D eigenvalue weighted by molar-refractivity contribution is 0.0924. The van der Waals surface area contributed by atoms with Crippen LogP contribution in [-0.2, 0) is 6.42 Å². The molecule has 2 bridgehead atoms. The molecule has 2 aliphatic heterocycles. The minimum absolute atomic E-state index is 0.0649. The van der Waals surface area contributed by atoms with Gasteiger partial charge in [-0.15, -0.1) is 0 Å². The van der Waals surface area contributed by atoms with Crippen LogP contribution in [0.5, 0.6) is 5.75 Å².